The van der Waals surface area contributed by atoms with E-state index in [9.17, 15) is 0 Å². The van der Waals surface area contributed by atoms with Crippen molar-refractivity contribution < 1.29 is 0 Å². The number of nitrogens with one attached hydrogen (secondary N) is 1. The van der Waals surface area contributed by atoms with E-state index in [1.165, 1.54) is 43.5 Å². The molecule has 0 atom stereocenters. The van der Waals surface area contributed by atoms with Crippen LogP contribution < -0.4 is 5.32 Å². The van der Waals surface area contributed by atoms with Gasteiger partial charge >= 0.3 is 0 Å². The summed E-state index contributed by atoms with van der Waals surface area (Å²) >= 11 is 0. The lowest BCUT2D eigenvalue weighted by atomic mass is 9.68. The highest BCUT2D eigenvalue weighted by Gasteiger charge is 2.43. The summed E-state index contributed by atoms with van der Waals surface area (Å²) in [4.78, 5) is 6.91. The molecule has 2 heterocycles. The number of guanidine groups is 1. The molecule has 1 saturated heterocycles. The normalized spacial score (nSPS) is 21.0. The molecular weight excluding hydrogens is 262 g/mol. The fraction of sp³-hybridized carbons (Fsp3) is 0.750. The molecule has 5 nitrogen and oxygen atoms in total. The quantitative estimate of drug-likeness (QED) is 0.669. The van der Waals surface area contributed by atoms with E-state index in [0.717, 1.165) is 24.7 Å². The number of hydrogen-bond acceptors (Lipinski definition) is 2. The Balaban J connectivity index is 1.63. The first kappa shape index (κ1) is 14.4. The van der Waals surface area contributed by atoms with E-state index in [1.54, 1.807) is 0 Å². The molecule has 1 spiro atoms. The lowest BCUT2D eigenvalue weighted by Crippen LogP contribution is -2.42. The van der Waals surface area contributed by atoms with Crippen molar-refractivity contribution in [1.82, 2.24) is 20.0 Å². The number of rotatable bonds is 2. The van der Waals surface area contributed by atoms with Crippen LogP contribution in [-0.2, 0) is 13.6 Å². The minimum Gasteiger partial charge on any atom is -0.352 e. The molecule has 0 amide bonds. The van der Waals surface area contributed by atoms with Crippen LogP contribution in [0.3, 0.4) is 0 Å². The molecule has 2 fully saturated rings. The van der Waals surface area contributed by atoms with E-state index < -0.39 is 0 Å². The van der Waals surface area contributed by atoms with Crippen LogP contribution in [0.25, 0.3) is 0 Å². The topological polar surface area (TPSA) is 45.5 Å². The zero-order valence-corrected chi connectivity index (χ0v) is 13.7. The number of aromatic nitrogens is 2. The van der Waals surface area contributed by atoms with Crippen molar-refractivity contribution in [3.8, 4) is 0 Å². The molecule has 1 N–H and O–H groups in total. The van der Waals surface area contributed by atoms with Crippen LogP contribution in [0.5, 0.6) is 0 Å². The van der Waals surface area contributed by atoms with Gasteiger partial charge in [0.05, 0.1) is 5.69 Å². The van der Waals surface area contributed by atoms with Gasteiger partial charge in [0.2, 0.25) is 0 Å². The Hall–Kier alpha value is -1.52. The molecule has 3 rings (SSSR count). The highest BCUT2D eigenvalue weighted by Crippen LogP contribution is 2.47. The Labute approximate surface area is 127 Å². The Morgan fingerprint density at radius 3 is 2.57 bits per heavy atom. The second-order valence-electron chi connectivity index (χ2n) is 6.70. The lowest BCUT2D eigenvalue weighted by molar-refractivity contribution is 0.151. The second kappa shape index (κ2) is 5.35. The Kier molecular flexibility index (Phi) is 3.68. The number of aliphatic imine (C=N–C) groups is 1. The molecule has 21 heavy (non-hydrogen) atoms. The van der Waals surface area contributed by atoms with E-state index in [2.05, 4.69) is 34.2 Å². The molecule has 0 aromatic carbocycles. The van der Waals surface area contributed by atoms with Gasteiger partial charge in [0.15, 0.2) is 5.96 Å². The van der Waals surface area contributed by atoms with Gasteiger partial charge in [-0.3, -0.25) is 9.67 Å². The van der Waals surface area contributed by atoms with Crippen LogP contribution in [0, 0.1) is 19.3 Å². The summed E-state index contributed by atoms with van der Waals surface area (Å²) in [5.74, 6) is 1.04. The first-order valence-corrected chi connectivity index (χ1v) is 7.99. The summed E-state index contributed by atoms with van der Waals surface area (Å²) in [6, 6.07) is 0. The fourth-order valence-electron chi connectivity index (χ4n) is 3.77. The Morgan fingerprint density at radius 2 is 2.10 bits per heavy atom. The monoisotopic (exact) mass is 289 g/mol. The molecule has 1 aliphatic heterocycles. The molecule has 1 saturated carbocycles. The third-order valence-corrected chi connectivity index (χ3v) is 5.45. The van der Waals surface area contributed by atoms with Crippen molar-refractivity contribution in [2.45, 2.75) is 46.1 Å². The summed E-state index contributed by atoms with van der Waals surface area (Å²) in [6.07, 6.45) is 5.55. The molecule has 5 heteroatoms. The Bertz CT molecular complexity index is 553. The molecule has 0 bridgehead atoms. The highest BCUT2D eigenvalue weighted by molar-refractivity contribution is 5.80. The van der Waals surface area contributed by atoms with Gasteiger partial charge in [0.1, 0.15) is 0 Å². The maximum absolute atomic E-state index is 4.48. The maximum Gasteiger partial charge on any atom is 0.193 e. The predicted molar refractivity (Wildman–Crippen MR) is 85.4 cm³/mol. The Morgan fingerprint density at radius 1 is 1.33 bits per heavy atom. The fourth-order valence-corrected chi connectivity index (χ4v) is 3.77. The van der Waals surface area contributed by atoms with E-state index in [-0.39, 0.29) is 0 Å². The first-order valence-electron chi connectivity index (χ1n) is 7.99. The zero-order valence-electron chi connectivity index (χ0n) is 13.7. The van der Waals surface area contributed by atoms with Gasteiger partial charge < -0.3 is 10.2 Å². The minimum atomic E-state index is 0.609. The van der Waals surface area contributed by atoms with Gasteiger partial charge in [-0.1, -0.05) is 6.42 Å². The minimum absolute atomic E-state index is 0.609. The number of aryl methyl sites for hydroxylation is 2. The number of hydrogen-bond donors (Lipinski definition) is 1. The molecule has 1 aliphatic carbocycles. The second-order valence-corrected chi connectivity index (χ2v) is 6.70. The van der Waals surface area contributed by atoms with Gasteiger partial charge in [-0.2, -0.15) is 5.10 Å². The molecule has 2 aliphatic rings. The van der Waals surface area contributed by atoms with Crippen LogP contribution in [0.15, 0.2) is 4.99 Å². The highest BCUT2D eigenvalue weighted by atomic mass is 15.3. The molecule has 0 radical (unpaired) electrons. The van der Waals surface area contributed by atoms with Crippen molar-refractivity contribution in [1.29, 1.82) is 0 Å². The summed E-state index contributed by atoms with van der Waals surface area (Å²) in [5, 5.41) is 8.01. The maximum atomic E-state index is 4.48. The zero-order chi connectivity index (χ0) is 15.0. The summed E-state index contributed by atoms with van der Waals surface area (Å²) in [6.45, 7) is 7.33. The van der Waals surface area contributed by atoms with Crippen LogP contribution >= 0.6 is 0 Å². The lowest BCUT2D eigenvalue weighted by Gasteiger charge is -2.38. The smallest absolute Gasteiger partial charge is 0.193 e. The number of likely N-dealkylation sites (tertiary alicyclic amines) is 1. The van der Waals surface area contributed by atoms with Crippen molar-refractivity contribution in [3.63, 3.8) is 0 Å². The standard InChI is InChI=1S/C16H27N5/c1-12-14(13(2)20(4)19-12)10-18-15(17-3)21-9-8-16(11-21)6-5-7-16/h5-11H2,1-4H3,(H,17,18). The molecule has 116 valence electrons. The van der Waals surface area contributed by atoms with E-state index in [0.29, 0.717) is 5.41 Å². The molecule has 1 aromatic heterocycles. The van der Waals surface area contributed by atoms with E-state index in [4.69, 9.17) is 0 Å². The number of nitrogens with zero attached hydrogens (tertiary/aromatic N) is 4. The summed E-state index contributed by atoms with van der Waals surface area (Å²) in [5.41, 5.74) is 4.23. The largest absolute Gasteiger partial charge is 0.352 e. The van der Waals surface area contributed by atoms with Crippen molar-refractivity contribution in [3.05, 3.63) is 17.0 Å². The van der Waals surface area contributed by atoms with E-state index in [1.807, 2.05) is 18.8 Å². The average molecular weight is 289 g/mol. The van der Waals surface area contributed by atoms with Crippen LogP contribution in [0.2, 0.25) is 0 Å². The third kappa shape index (κ3) is 2.54. The SMILES string of the molecule is CN=C(NCc1c(C)nn(C)c1C)N1CCC2(CCC2)C1. The van der Waals surface area contributed by atoms with Crippen LogP contribution in [0.4, 0.5) is 0 Å². The van der Waals surface area contributed by atoms with Gasteiger partial charge in [-0.05, 0) is 38.5 Å². The average Bonchev–Trinajstić information content (AvgIpc) is 2.96. The van der Waals surface area contributed by atoms with Crippen molar-refractivity contribution >= 4 is 5.96 Å². The van der Waals surface area contributed by atoms with Crippen LogP contribution in [0.1, 0.15) is 42.6 Å². The van der Waals surface area contributed by atoms with Gasteiger partial charge in [0, 0.05) is 45.0 Å². The van der Waals surface area contributed by atoms with Crippen molar-refractivity contribution in [2.75, 3.05) is 20.1 Å². The molecule has 1 aromatic rings. The van der Waals surface area contributed by atoms with Gasteiger partial charge in [-0.25, -0.2) is 0 Å². The molecular formula is C16H27N5. The summed E-state index contributed by atoms with van der Waals surface area (Å²) < 4.78 is 1.95. The van der Waals surface area contributed by atoms with E-state index >= 15 is 0 Å². The third-order valence-electron chi connectivity index (χ3n) is 5.45. The van der Waals surface area contributed by atoms with Gasteiger partial charge in [0.25, 0.3) is 0 Å². The molecule has 0 unspecified atom stereocenters. The van der Waals surface area contributed by atoms with Crippen molar-refractivity contribution in [2.24, 2.45) is 17.5 Å². The van der Waals surface area contributed by atoms with Crippen LogP contribution in [-0.4, -0.2) is 40.8 Å². The summed E-state index contributed by atoms with van der Waals surface area (Å²) in [7, 11) is 3.89. The predicted octanol–water partition coefficient (Wildman–Crippen LogP) is 1.99. The first-order chi connectivity index (χ1) is 10.0. The van der Waals surface area contributed by atoms with Gasteiger partial charge in [-0.15, -0.1) is 0 Å².